The molecule has 0 atom stereocenters. The van der Waals surface area contributed by atoms with E-state index in [9.17, 15) is 9.18 Å². The van der Waals surface area contributed by atoms with Crippen LogP contribution in [-0.2, 0) is 0 Å². The minimum Gasteiger partial charge on any atom is -0.476 e. The number of anilines is 1. The van der Waals surface area contributed by atoms with Crippen LogP contribution in [0.1, 0.15) is 10.5 Å². The molecule has 1 aromatic carbocycles. The Bertz CT molecular complexity index is 794. The molecule has 96 valence electrons. The average molecular weight is 294 g/mol. The minimum absolute atomic E-state index is 0.136. The van der Waals surface area contributed by atoms with Crippen LogP contribution < -0.4 is 5.73 Å². The number of rotatable bonds is 2. The van der Waals surface area contributed by atoms with Gasteiger partial charge in [-0.15, -0.1) is 11.3 Å². The summed E-state index contributed by atoms with van der Waals surface area (Å²) in [6.07, 6.45) is 0. The predicted octanol–water partition coefficient (Wildman–Crippen LogP) is 3.44. The summed E-state index contributed by atoms with van der Waals surface area (Å²) in [5, 5.41) is 10.5. The van der Waals surface area contributed by atoms with Crippen molar-refractivity contribution in [3.63, 3.8) is 0 Å². The lowest BCUT2D eigenvalue weighted by molar-refractivity contribution is 0.0692. The van der Waals surface area contributed by atoms with Gasteiger partial charge in [-0.05, 0) is 23.6 Å². The summed E-state index contributed by atoms with van der Waals surface area (Å²) in [4.78, 5) is 15.7. The Hall–Kier alpha value is -1.99. The molecule has 0 unspecified atom stereocenters. The summed E-state index contributed by atoms with van der Waals surface area (Å²) in [6, 6.07) is 6.36. The molecule has 0 radical (unpaired) electrons. The van der Waals surface area contributed by atoms with Gasteiger partial charge in [0.05, 0.1) is 4.88 Å². The summed E-state index contributed by atoms with van der Waals surface area (Å²) >= 11 is 2.48. The van der Waals surface area contributed by atoms with Crippen molar-refractivity contribution in [3.05, 3.63) is 35.8 Å². The molecular weight excluding hydrogens is 287 g/mol. The maximum absolute atomic E-state index is 13.1. The second-order valence-electron chi connectivity index (χ2n) is 3.83. The lowest BCUT2D eigenvalue weighted by Gasteiger charge is -1.87. The molecule has 3 N–H and O–H groups in total. The van der Waals surface area contributed by atoms with Crippen LogP contribution in [-0.4, -0.2) is 16.1 Å². The third kappa shape index (κ3) is 2.06. The number of hydrogen-bond donors (Lipinski definition) is 2. The normalized spacial score (nSPS) is 11.0. The maximum Gasteiger partial charge on any atom is 0.357 e. The fourth-order valence-corrected chi connectivity index (χ4v) is 3.66. The molecule has 2 aromatic heterocycles. The highest BCUT2D eigenvalue weighted by Gasteiger charge is 2.17. The number of carboxylic acids is 1. The number of halogens is 1. The summed E-state index contributed by atoms with van der Waals surface area (Å²) < 4.78 is 13.9. The number of fused-ring (bicyclic) bond motifs is 1. The first-order valence-corrected chi connectivity index (χ1v) is 6.87. The van der Waals surface area contributed by atoms with Crippen LogP contribution in [0, 0.1) is 5.82 Å². The van der Waals surface area contributed by atoms with Gasteiger partial charge < -0.3 is 10.8 Å². The molecule has 0 amide bonds. The van der Waals surface area contributed by atoms with E-state index in [0.717, 1.165) is 26.3 Å². The molecule has 0 fully saturated rings. The first-order valence-electron chi connectivity index (χ1n) is 5.23. The van der Waals surface area contributed by atoms with Gasteiger partial charge in [-0.2, -0.15) is 0 Å². The molecule has 2 heterocycles. The topological polar surface area (TPSA) is 76.2 Å². The highest BCUT2D eigenvalue weighted by atomic mass is 32.1. The predicted molar refractivity (Wildman–Crippen MR) is 74.3 cm³/mol. The average Bonchev–Trinajstić information content (AvgIpc) is 2.91. The van der Waals surface area contributed by atoms with Crippen molar-refractivity contribution in [3.8, 4) is 9.88 Å². The van der Waals surface area contributed by atoms with E-state index >= 15 is 0 Å². The molecule has 0 bridgehead atoms. The molecule has 0 aliphatic carbocycles. The van der Waals surface area contributed by atoms with Gasteiger partial charge in [-0.1, -0.05) is 17.4 Å². The zero-order chi connectivity index (χ0) is 13.6. The van der Waals surface area contributed by atoms with E-state index in [0.29, 0.717) is 5.01 Å². The van der Waals surface area contributed by atoms with Crippen molar-refractivity contribution in [2.24, 2.45) is 0 Å². The maximum atomic E-state index is 13.1. The highest BCUT2D eigenvalue weighted by molar-refractivity contribution is 7.27. The zero-order valence-corrected chi connectivity index (χ0v) is 11.0. The molecule has 0 aliphatic rings. The van der Waals surface area contributed by atoms with E-state index < -0.39 is 5.97 Å². The Morgan fingerprint density at radius 2 is 2.11 bits per heavy atom. The van der Waals surface area contributed by atoms with Crippen molar-refractivity contribution in [1.82, 2.24) is 4.98 Å². The van der Waals surface area contributed by atoms with Gasteiger partial charge in [-0.25, -0.2) is 14.2 Å². The number of nitrogens with zero attached hydrogens (tertiary/aromatic N) is 1. The standard InChI is InChI=1S/C12H7FN2O2S2/c13-6-2-1-5-3-8(18-7(5)4-6)11-15-9(12(16)17)10(14)19-11/h1-4H,14H2,(H,16,17). The van der Waals surface area contributed by atoms with Gasteiger partial charge in [-0.3, -0.25) is 0 Å². The fourth-order valence-electron chi connectivity index (χ4n) is 1.70. The molecule has 19 heavy (non-hydrogen) atoms. The third-order valence-corrected chi connectivity index (χ3v) is 4.70. The third-order valence-electron chi connectivity index (χ3n) is 2.55. The molecule has 3 aromatic rings. The monoisotopic (exact) mass is 294 g/mol. The number of nitrogens with two attached hydrogens (primary N) is 1. The van der Waals surface area contributed by atoms with Crippen LogP contribution in [0.15, 0.2) is 24.3 Å². The van der Waals surface area contributed by atoms with Crippen molar-refractivity contribution in [1.29, 1.82) is 0 Å². The number of thiophene rings is 1. The molecule has 0 spiro atoms. The van der Waals surface area contributed by atoms with Gasteiger partial charge in [0.15, 0.2) is 5.69 Å². The smallest absolute Gasteiger partial charge is 0.357 e. The Labute approximate surface area is 114 Å². The lowest BCUT2D eigenvalue weighted by atomic mass is 10.2. The second-order valence-corrected chi connectivity index (χ2v) is 5.94. The Morgan fingerprint density at radius 3 is 2.79 bits per heavy atom. The minimum atomic E-state index is -1.15. The van der Waals surface area contributed by atoms with Crippen molar-refractivity contribution < 1.29 is 14.3 Å². The largest absolute Gasteiger partial charge is 0.476 e. The lowest BCUT2D eigenvalue weighted by Crippen LogP contribution is -2.00. The first-order chi connectivity index (χ1) is 9.04. The number of aromatic carboxylic acids is 1. The van der Waals surface area contributed by atoms with Gasteiger partial charge >= 0.3 is 5.97 Å². The first kappa shape index (κ1) is 12.1. The number of thiazole rings is 1. The quantitative estimate of drug-likeness (QED) is 0.759. The fraction of sp³-hybridized carbons (Fsp3) is 0. The summed E-state index contributed by atoms with van der Waals surface area (Å²) in [5.41, 5.74) is 5.48. The Kier molecular flexibility index (Phi) is 2.72. The van der Waals surface area contributed by atoms with Crippen LogP contribution in [0.3, 0.4) is 0 Å². The van der Waals surface area contributed by atoms with Crippen molar-refractivity contribution >= 4 is 43.7 Å². The van der Waals surface area contributed by atoms with Gasteiger partial charge in [0.2, 0.25) is 0 Å². The molecule has 0 aliphatic heterocycles. The van der Waals surface area contributed by atoms with Gasteiger partial charge in [0, 0.05) is 4.70 Å². The molecule has 4 nitrogen and oxygen atoms in total. The van der Waals surface area contributed by atoms with E-state index in [-0.39, 0.29) is 16.5 Å². The number of hydrogen-bond acceptors (Lipinski definition) is 5. The van der Waals surface area contributed by atoms with Crippen molar-refractivity contribution in [2.45, 2.75) is 0 Å². The van der Waals surface area contributed by atoms with E-state index in [2.05, 4.69) is 4.98 Å². The summed E-state index contributed by atoms with van der Waals surface area (Å²) in [6.45, 7) is 0. The molecule has 7 heteroatoms. The number of nitrogen functional groups attached to an aromatic ring is 1. The van der Waals surface area contributed by atoms with E-state index in [1.807, 2.05) is 6.07 Å². The summed E-state index contributed by atoms with van der Waals surface area (Å²) in [5.74, 6) is -1.45. The van der Waals surface area contributed by atoms with Gasteiger partial charge in [0.1, 0.15) is 15.8 Å². The van der Waals surface area contributed by atoms with Crippen molar-refractivity contribution in [2.75, 3.05) is 5.73 Å². The number of carbonyl (C=O) groups is 1. The highest BCUT2D eigenvalue weighted by Crippen LogP contribution is 2.37. The number of aromatic nitrogens is 1. The van der Waals surface area contributed by atoms with Crippen LogP contribution in [0.4, 0.5) is 9.39 Å². The van der Waals surface area contributed by atoms with Crippen LogP contribution in [0.2, 0.25) is 0 Å². The SMILES string of the molecule is Nc1sc(-c2cc3ccc(F)cc3s2)nc1C(=O)O. The Morgan fingerprint density at radius 1 is 1.32 bits per heavy atom. The second kappa shape index (κ2) is 4.29. The van der Waals surface area contributed by atoms with E-state index in [1.165, 1.54) is 23.5 Å². The van der Waals surface area contributed by atoms with Gasteiger partial charge in [0.25, 0.3) is 0 Å². The molecular formula is C12H7FN2O2S2. The Balaban J connectivity index is 2.13. The summed E-state index contributed by atoms with van der Waals surface area (Å²) in [7, 11) is 0. The zero-order valence-electron chi connectivity index (χ0n) is 9.38. The van der Waals surface area contributed by atoms with E-state index in [4.69, 9.17) is 10.8 Å². The molecule has 3 rings (SSSR count). The van der Waals surface area contributed by atoms with E-state index in [1.54, 1.807) is 6.07 Å². The van der Waals surface area contributed by atoms with Crippen LogP contribution >= 0.6 is 22.7 Å². The number of benzene rings is 1. The molecule has 0 saturated carbocycles. The van der Waals surface area contributed by atoms with Crippen LogP contribution in [0.5, 0.6) is 0 Å². The molecule has 0 saturated heterocycles. The van der Waals surface area contributed by atoms with Crippen LogP contribution in [0.25, 0.3) is 20.0 Å². The number of carboxylic acid groups (broad SMARTS) is 1.